The first kappa shape index (κ1) is 30.2. The molecule has 4 aromatic heterocycles. The van der Waals surface area contributed by atoms with Crippen molar-refractivity contribution in [3.05, 3.63) is 57.4 Å². The summed E-state index contributed by atoms with van der Waals surface area (Å²) in [7, 11) is 0. The molecular weight excluding hydrogens is 536 g/mol. The molecule has 0 saturated carbocycles. The van der Waals surface area contributed by atoms with Crippen LogP contribution in [-0.2, 0) is 6.54 Å². The number of aryl methyl sites for hydroxylation is 1. The zero-order chi connectivity index (χ0) is 29.6. The van der Waals surface area contributed by atoms with Crippen molar-refractivity contribution in [2.24, 2.45) is 0 Å². The highest BCUT2D eigenvalue weighted by Gasteiger charge is 2.50. The summed E-state index contributed by atoms with van der Waals surface area (Å²) in [4.78, 5) is 41.5. The Morgan fingerprint density at radius 3 is 2.52 bits per heavy atom. The number of ether oxygens (including phenoxy) is 1. The van der Waals surface area contributed by atoms with Crippen molar-refractivity contribution in [2.75, 3.05) is 18.0 Å². The van der Waals surface area contributed by atoms with E-state index in [1.807, 2.05) is 27.7 Å². The fraction of sp³-hybridized carbons (Fsp3) is 0.440. The summed E-state index contributed by atoms with van der Waals surface area (Å²) in [5, 5.41) is 4.33. The molecule has 0 aromatic carbocycles. The van der Waals surface area contributed by atoms with Crippen LogP contribution >= 0.6 is 0 Å². The number of H-pyrrole nitrogens is 2. The third kappa shape index (κ3) is 6.63. The van der Waals surface area contributed by atoms with E-state index in [1.165, 1.54) is 42.5 Å². The lowest BCUT2D eigenvalue weighted by atomic mass is 10.2. The van der Waals surface area contributed by atoms with Crippen LogP contribution in [0.15, 0.2) is 40.3 Å². The van der Waals surface area contributed by atoms with E-state index in [2.05, 4.69) is 30.0 Å². The second-order valence-corrected chi connectivity index (χ2v) is 8.19. The second kappa shape index (κ2) is 12.7. The molecule has 0 spiro atoms. The molecule has 1 aliphatic rings. The molecule has 1 saturated heterocycles. The van der Waals surface area contributed by atoms with Gasteiger partial charge in [-0.1, -0.05) is 27.7 Å². The van der Waals surface area contributed by atoms with Crippen LogP contribution in [0.3, 0.4) is 0 Å². The molecule has 4 aromatic rings. The largest absolute Gasteiger partial charge is 0.466 e. The number of pyridine rings is 1. The van der Waals surface area contributed by atoms with Crippen LogP contribution in [0, 0.1) is 6.92 Å². The molecule has 5 rings (SSSR count). The van der Waals surface area contributed by atoms with Crippen molar-refractivity contribution < 1.29 is 22.3 Å². The van der Waals surface area contributed by atoms with Gasteiger partial charge in [0.1, 0.15) is 18.2 Å². The third-order valence-electron chi connectivity index (χ3n) is 5.58. The van der Waals surface area contributed by atoms with Crippen LogP contribution < -0.4 is 20.9 Å². The van der Waals surface area contributed by atoms with Crippen molar-refractivity contribution >= 4 is 16.7 Å². The van der Waals surface area contributed by atoms with E-state index in [1.54, 1.807) is 0 Å². The summed E-state index contributed by atoms with van der Waals surface area (Å²) >= 11 is 0. The van der Waals surface area contributed by atoms with Gasteiger partial charge in [-0.2, -0.15) is 5.10 Å². The highest BCUT2D eigenvalue weighted by Crippen LogP contribution is 2.34. The maximum Gasteiger partial charge on any atom is 0.325 e. The first-order chi connectivity index (χ1) is 19.1. The number of aromatic nitrogens is 7. The molecule has 15 heteroatoms. The first-order valence-corrected chi connectivity index (χ1v) is 12.7. The summed E-state index contributed by atoms with van der Waals surface area (Å²) in [6.07, 6.45) is -0.428. The van der Waals surface area contributed by atoms with E-state index in [9.17, 15) is 27.2 Å². The van der Waals surface area contributed by atoms with E-state index in [0.29, 0.717) is 5.39 Å². The molecule has 216 valence electrons. The average Bonchev–Trinajstić information content (AvgIpc) is 3.45. The fourth-order valence-corrected chi connectivity index (χ4v) is 3.94. The third-order valence-corrected chi connectivity index (χ3v) is 5.58. The minimum absolute atomic E-state index is 0.0398. The van der Waals surface area contributed by atoms with Crippen LogP contribution in [0.1, 0.15) is 33.5 Å². The van der Waals surface area contributed by atoms with E-state index in [0.717, 1.165) is 4.68 Å². The van der Waals surface area contributed by atoms with Crippen molar-refractivity contribution in [3.63, 3.8) is 0 Å². The molecule has 2 N–H and O–H groups in total. The Balaban J connectivity index is 0.00000106. The normalized spacial score (nSPS) is 15.8. The predicted molar refractivity (Wildman–Crippen MR) is 141 cm³/mol. The van der Waals surface area contributed by atoms with E-state index in [4.69, 9.17) is 4.74 Å². The summed E-state index contributed by atoms with van der Waals surface area (Å²) in [6, 6.07) is 2.65. The first-order valence-electron chi connectivity index (χ1n) is 12.7. The zero-order valence-corrected chi connectivity index (χ0v) is 22.6. The molecule has 0 aliphatic carbocycles. The molecule has 11 nitrogen and oxygen atoms in total. The number of rotatable bonds is 6. The molecule has 1 fully saturated rings. The van der Waals surface area contributed by atoms with E-state index in [-0.39, 0.29) is 40.8 Å². The van der Waals surface area contributed by atoms with Crippen LogP contribution in [0.5, 0.6) is 5.88 Å². The monoisotopic (exact) mass is 566 g/mol. The Kier molecular flexibility index (Phi) is 9.60. The smallest absolute Gasteiger partial charge is 0.325 e. The van der Waals surface area contributed by atoms with Gasteiger partial charge in [0, 0.05) is 29.9 Å². The summed E-state index contributed by atoms with van der Waals surface area (Å²) in [5.74, 6) is -3.12. The number of nitrogens with one attached hydrogen (secondary N) is 2. The van der Waals surface area contributed by atoms with E-state index < -0.39 is 42.8 Å². The van der Waals surface area contributed by atoms with Gasteiger partial charge >= 0.3 is 11.6 Å². The molecule has 40 heavy (non-hydrogen) atoms. The van der Waals surface area contributed by atoms with Gasteiger partial charge in [-0.15, -0.1) is 0 Å². The number of fused-ring (bicyclic) bond motifs is 1. The highest BCUT2D eigenvalue weighted by molar-refractivity contribution is 5.78. The standard InChI is InChI=1S/C21H18F4N8O3.2C2H6/c1-10-29-13(12-6-27-20(35)31-19(12)34)2-17(30-10)32-7-15(21(24,25)9-32)36-18-3-14-11(4-26-18)5-28-33(14)8-16(22)23;2*1-2/h2-6,15-16H,7-9H2,1H3,(H2,27,31,34,35);2*1-2H3. The number of aromatic amines is 2. The minimum atomic E-state index is -3.31. The highest BCUT2D eigenvalue weighted by atomic mass is 19.3. The van der Waals surface area contributed by atoms with Crippen molar-refractivity contribution in [2.45, 2.75) is 59.6 Å². The SMILES string of the molecule is CC.CC.Cc1nc(-c2c[nH]c(=O)[nH]c2=O)cc(N2CC(Oc3cc4c(cn3)cnn4CC(F)F)C(F)(F)C2)n1. The molecule has 5 heterocycles. The summed E-state index contributed by atoms with van der Waals surface area (Å²) in [5.41, 5.74) is -0.929. The maximum absolute atomic E-state index is 14.9. The zero-order valence-electron chi connectivity index (χ0n) is 22.6. The van der Waals surface area contributed by atoms with Gasteiger partial charge in [0.15, 0.2) is 6.10 Å². The molecule has 1 atom stereocenters. The van der Waals surface area contributed by atoms with Gasteiger partial charge in [0.2, 0.25) is 5.88 Å². The predicted octanol–water partition coefficient (Wildman–Crippen LogP) is 3.79. The lowest BCUT2D eigenvalue weighted by Crippen LogP contribution is -2.36. The molecule has 0 radical (unpaired) electrons. The average molecular weight is 567 g/mol. The number of alkyl halides is 4. The summed E-state index contributed by atoms with van der Waals surface area (Å²) < 4.78 is 62.0. The van der Waals surface area contributed by atoms with Crippen LogP contribution in [0.4, 0.5) is 23.4 Å². The molecule has 1 aliphatic heterocycles. The molecule has 0 bridgehead atoms. The number of hydrogen-bond donors (Lipinski definition) is 2. The quantitative estimate of drug-likeness (QED) is 0.337. The van der Waals surface area contributed by atoms with Gasteiger partial charge in [-0.3, -0.25) is 14.5 Å². The molecule has 0 amide bonds. The molecular formula is C25H30F4N8O3. The number of halogens is 4. The topological polar surface area (TPSA) is 135 Å². The Labute approximate surface area is 226 Å². The summed E-state index contributed by atoms with van der Waals surface area (Å²) in [6.45, 7) is 7.87. The minimum Gasteiger partial charge on any atom is -0.466 e. The lowest BCUT2D eigenvalue weighted by Gasteiger charge is -2.18. The van der Waals surface area contributed by atoms with Crippen molar-refractivity contribution in [1.82, 2.24) is 34.7 Å². The van der Waals surface area contributed by atoms with Gasteiger partial charge < -0.3 is 14.6 Å². The molecule has 1 unspecified atom stereocenters. The van der Waals surface area contributed by atoms with Gasteiger partial charge in [0.25, 0.3) is 12.0 Å². The van der Waals surface area contributed by atoms with Crippen molar-refractivity contribution in [1.29, 1.82) is 0 Å². The van der Waals surface area contributed by atoms with E-state index >= 15 is 0 Å². The maximum atomic E-state index is 14.9. The Morgan fingerprint density at radius 1 is 1.12 bits per heavy atom. The van der Waals surface area contributed by atoms with Gasteiger partial charge in [-0.05, 0) is 6.92 Å². The lowest BCUT2D eigenvalue weighted by molar-refractivity contribution is -0.0608. The fourth-order valence-electron chi connectivity index (χ4n) is 3.94. The van der Waals surface area contributed by atoms with Crippen LogP contribution in [0.25, 0.3) is 22.2 Å². The Hall–Kier alpha value is -4.30. The number of hydrogen-bond acceptors (Lipinski definition) is 8. The number of anilines is 1. The Morgan fingerprint density at radius 2 is 1.85 bits per heavy atom. The van der Waals surface area contributed by atoms with Gasteiger partial charge in [-0.25, -0.2) is 37.3 Å². The Bertz CT molecular complexity index is 1550. The number of nitrogens with zero attached hydrogens (tertiary/aromatic N) is 6. The van der Waals surface area contributed by atoms with Crippen molar-refractivity contribution in [3.8, 4) is 17.1 Å². The van der Waals surface area contributed by atoms with Crippen LogP contribution in [-0.4, -0.2) is 66.2 Å². The van der Waals surface area contributed by atoms with Gasteiger partial charge in [0.05, 0.1) is 36.1 Å². The van der Waals surface area contributed by atoms with Crippen LogP contribution in [0.2, 0.25) is 0 Å². The second-order valence-electron chi connectivity index (χ2n) is 8.19.